The molecule has 0 bridgehead atoms. The number of esters is 1. The van der Waals surface area contributed by atoms with Crippen LogP contribution >= 0.6 is 0 Å². The minimum atomic E-state index is -0.0908. The predicted molar refractivity (Wildman–Crippen MR) is 101 cm³/mol. The fraction of sp³-hybridized carbons (Fsp3) is 0.950. The minimum Gasteiger partial charge on any atom is -0.463 e. The van der Waals surface area contributed by atoms with Crippen LogP contribution in [0.3, 0.4) is 0 Å². The van der Waals surface area contributed by atoms with Crippen molar-refractivity contribution in [2.75, 3.05) is 46.2 Å². The van der Waals surface area contributed by atoms with Gasteiger partial charge in [0.1, 0.15) is 6.61 Å². The molecule has 150 valence electrons. The zero-order valence-electron chi connectivity index (χ0n) is 16.7. The average Bonchev–Trinajstić information content (AvgIpc) is 2.62. The van der Waals surface area contributed by atoms with Gasteiger partial charge in [0.25, 0.3) is 0 Å². The number of ether oxygens (including phenoxy) is 4. The summed E-state index contributed by atoms with van der Waals surface area (Å²) in [7, 11) is 0. The summed E-state index contributed by atoms with van der Waals surface area (Å²) < 4.78 is 21.6. The molecule has 0 aromatic heterocycles. The Bertz CT molecular complexity index is 283. The van der Waals surface area contributed by atoms with Crippen molar-refractivity contribution in [1.29, 1.82) is 0 Å². The fourth-order valence-electron chi connectivity index (χ4n) is 2.43. The summed E-state index contributed by atoms with van der Waals surface area (Å²) in [6.07, 6.45) is 8.85. The minimum absolute atomic E-state index is 0.0326. The Morgan fingerprint density at radius 3 is 1.80 bits per heavy atom. The van der Waals surface area contributed by atoms with Gasteiger partial charge in [0.2, 0.25) is 0 Å². The summed E-state index contributed by atoms with van der Waals surface area (Å²) in [6, 6.07) is 0. The third kappa shape index (κ3) is 16.6. The molecule has 5 nitrogen and oxygen atoms in total. The van der Waals surface area contributed by atoms with Gasteiger partial charge in [0.15, 0.2) is 0 Å². The number of carbonyl (C=O) groups is 1. The fourth-order valence-corrected chi connectivity index (χ4v) is 2.43. The van der Waals surface area contributed by atoms with E-state index in [4.69, 9.17) is 18.9 Å². The van der Waals surface area contributed by atoms with Gasteiger partial charge in [-0.3, -0.25) is 4.79 Å². The standard InChI is InChI=1S/C20H40O5/c1-4-7-9-10-12-22-13-14-23-15-16-24-17-18-25-20(21)19(6-3)11-8-5-2/h19H,4-18H2,1-3H3. The molecule has 0 amide bonds. The lowest BCUT2D eigenvalue weighted by Crippen LogP contribution is -2.20. The molecular weight excluding hydrogens is 320 g/mol. The van der Waals surface area contributed by atoms with E-state index in [1.165, 1.54) is 19.3 Å². The number of unbranched alkanes of at least 4 members (excludes halogenated alkanes) is 4. The van der Waals surface area contributed by atoms with E-state index in [2.05, 4.69) is 13.8 Å². The summed E-state index contributed by atoms with van der Waals surface area (Å²) in [5.41, 5.74) is 0. The highest BCUT2D eigenvalue weighted by atomic mass is 16.6. The van der Waals surface area contributed by atoms with E-state index in [0.29, 0.717) is 39.6 Å². The molecular formula is C20H40O5. The first kappa shape index (κ1) is 24.4. The van der Waals surface area contributed by atoms with Gasteiger partial charge in [-0.25, -0.2) is 0 Å². The normalized spacial score (nSPS) is 12.3. The van der Waals surface area contributed by atoms with Crippen LogP contribution in [-0.4, -0.2) is 52.2 Å². The third-order valence-corrected chi connectivity index (χ3v) is 4.09. The molecule has 0 saturated carbocycles. The Balaban J connectivity index is 3.29. The molecule has 1 atom stereocenters. The van der Waals surface area contributed by atoms with Crippen LogP contribution in [0.15, 0.2) is 0 Å². The van der Waals surface area contributed by atoms with Crippen LogP contribution in [0.2, 0.25) is 0 Å². The SMILES string of the molecule is CCCCCCOCCOCCOCCOC(=O)C(CC)CCCC. The van der Waals surface area contributed by atoms with E-state index in [0.717, 1.165) is 38.7 Å². The Kier molecular flexibility index (Phi) is 19.2. The Labute approximate surface area is 154 Å². The molecule has 1 unspecified atom stereocenters. The Morgan fingerprint density at radius 1 is 0.680 bits per heavy atom. The van der Waals surface area contributed by atoms with Crippen LogP contribution < -0.4 is 0 Å². The van der Waals surface area contributed by atoms with Crippen LogP contribution in [0.5, 0.6) is 0 Å². The van der Waals surface area contributed by atoms with Gasteiger partial charge >= 0.3 is 5.97 Å². The van der Waals surface area contributed by atoms with Crippen LogP contribution in [0.4, 0.5) is 0 Å². The smallest absolute Gasteiger partial charge is 0.308 e. The van der Waals surface area contributed by atoms with Crippen LogP contribution in [0, 0.1) is 5.92 Å². The van der Waals surface area contributed by atoms with Gasteiger partial charge in [-0.05, 0) is 19.3 Å². The molecule has 0 aliphatic rings. The van der Waals surface area contributed by atoms with Crippen LogP contribution in [0.25, 0.3) is 0 Å². The first-order chi connectivity index (χ1) is 12.3. The second-order valence-corrected chi connectivity index (χ2v) is 6.31. The molecule has 0 heterocycles. The first-order valence-electron chi connectivity index (χ1n) is 10.2. The van der Waals surface area contributed by atoms with Gasteiger partial charge < -0.3 is 18.9 Å². The van der Waals surface area contributed by atoms with Crippen molar-refractivity contribution in [2.45, 2.75) is 72.1 Å². The number of carbonyl (C=O) groups excluding carboxylic acids is 1. The maximum absolute atomic E-state index is 11.9. The molecule has 0 aliphatic carbocycles. The van der Waals surface area contributed by atoms with Gasteiger partial charge in [-0.1, -0.05) is 52.9 Å². The molecule has 5 heteroatoms. The zero-order valence-corrected chi connectivity index (χ0v) is 16.7. The highest BCUT2D eigenvalue weighted by Crippen LogP contribution is 2.14. The van der Waals surface area contributed by atoms with E-state index in [-0.39, 0.29) is 11.9 Å². The Hall–Kier alpha value is -0.650. The molecule has 25 heavy (non-hydrogen) atoms. The summed E-state index contributed by atoms with van der Waals surface area (Å²) in [6.45, 7) is 10.2. The monoisotopic (exact) mass is 360 g/mol. The summed E-state index contributed by atoms with van der Waals surface area (Å²) >= 11 is 0. The van der Waals surface area contributed by atoms with Gasteiger partial charge in [-0.2, -0.15) is 0 Å². The first-order valence-corrected chi connectivity index (χ1v) is 10.2. The largest absolute Gasteiger partial charge is 0.463 e. The van der Waals surface area contributed by atoms with Gasteiger partial charge in [0, 0.05) is 6.61 Å². The van der Waals surface area contributed by atoms with Crippen molar-refractivity contribution in [2.24, 2.45) is 5.92 Å². The molecule has 0 spiro atoms. The van der Waals surface area contributed by atoms with Gasteiger partial charge in [0.05, 0.1) is 39.0 Å². The lowest BCUT2D eigenvalue weighted by molar-refractivity contribution is -0.150. The average molecular weight is 361 g/mol. The number of rotatable bonds is 19. The molecule has 0 aromatic carbocycles. The van der Waals surface area contributed by atoms with Crippen LogP contribution in [-0.2, 0) is 23.7 Å². The molecule has 0 rings (SSSR count). The van der Waals surface area contributed by atoms with E-state index >= 15 is 0 Å². The highest BCUT2D eigenvalue weighted by molar-refractivity contribution is 5.72. The van der Waals surface area contributed by atoms with E-state index < -0.39 is 0 Å². The predicted octanol–water partition coefficient (Wildman–Crippen LogP) is 4.38. The lowest BCUT2D eigenvalue weighted by atomic mass is 10.00. The number of hydrogen-bond acceptors (Lipinski definition) is 5. The summed E-state index contributed by atoms with van der Waals surface area (Å²) in [4.78, 5) is 11.9. The molecule has 0 fully saturated rings. The summed E-state index contributed by atoms with van der Waals surface area (Å²) in [5.74, 6) is -0.0582. The van der Waals surface area contributed by atoms with E-state index in [1.54, 1.807) is 0 Å². The maximum atomic E-state index is 11.9. The van der Waals surface area contributed by atoms with Crippen molar-refractivity contribution in [3.05, 3.63) is 0 Å². The number of hydrogen-bond donors (Lipinski definition) is 0. The van der Waals surface area contributed by atoms with E-state index in [1.807, 2.05) is 6.92 Å². The zero-order chi connectivity index (χ0) is 18.6. The molecule has 0 aromatic rings. The maximum Gasteiger partial charge on any atom is 0.308 e. The van der Waals surface area contributed by atoms with Crippen molar-refractivity contribution in [3.63, 3.8) is 0 Å². The van der Waals surface area contributed by atoms with Crippen molar-refractivity contribution in [1.82, 2.24) is 0 Å². The van der Waals surface area contributed by atoms with Crippen molar-refractivity contribution in [3.8, 4) is 0 Å². The van der Waals surface area contributed by atoms with Crippen molar-refractivity contribution < 1.29 is 23.7 Å². The van der Waals surface area contributed by atoms with Crippen molar-refractivity contribution >= 4 is 5.97 Å². The second-order valence-electron chi connectivity index (χ2n) is 6.31. The molecule has 0 saturated heterocycles. The van der Waals surface area contributed by atoms with Crippen LogP contribution in [0.1, 0.15) is 72.1 Å². The molecule has 0 radical (unpaired) electrons. The Morgan fingerprint density at radius 2 is 1.24 bits per heavy atom. The second kappa shape index (κ2) is 19.7. The van der Waals surface area contributed by atoms with E-state index in [9.17, 15) is 4.79 Å². The molecule has 0 aliphatic heterocycles. The topological polar surface area (TPSA) is 54.0 Å². The summed E-state index contributed by atoms with van der Waals surface area (Å²) in [5, 5.41) is 0. The van der Waals surface area contributed by atoms with Gasteiger partial charge in [-0.15, -0.1) is 0 Å². The third-order valence-electron chi connectivity index (χ3n) is 4.09. The highest BCUT2D eigenvalue weighted by Gasteiger charge is 2.16. The quantitative estimate of drug-likeness (QED) is 0.253. The lowest BCUT2D eigenvalue weighted by Gasteiger charge is -2.13. The molecule has 0 N–H and O–H groups in total.